The summed E-state index contributed by atoms with van der Waals surface area (Å²) in [5.74, 6) is -0.182. The first-order valence-electron chi connectivity index (χ1n) is 6.86. The molecule has 1 atom stereocenters. The van der Waals surface area contributed by atoms with E-state index in [1.165, 1.54) is 0 Å². The zero-order valence-electron chi connectivity index (χ0n) is 12.0. The first kappa shape index (κ1) is 15.4. The van der Waals surface area contributed by atoms with E-state index in [9.17, 15) is 9.59 Å². The summed E-state index contributed by atoms with van der Waals surface area (Å²) in [7, 11) is 0. The van der Waals surface area contributed by atoms with Crippen LogP contribution in [0.15, 0.2) is 36.0 Å². The van der Waals surface area contributed by atoms with Crippen LogP contribution in [0.3, 0.4) is 0 Å². The van der Waals surface area contributed by atoms with Crippen molar-refractivity contribution in [2.45, 2.75) is 40.0 Å². The first-order valence-corrected chi connectivity index (χ1v) is 6.86. The fourth-order valence-corrected chi connectivity index (χ4v) is 1.97. The Morgan fingerprint density at radius 3 is 2.63 bits per heavy atom. The highest BCUT2D eigenvalue weighted by molar-refractivity contribution is 6.00. The second-order valence-electron chi connectivity index (χ2n) is 5.18. The number of carbonyl (C=O) groups is 2. The van der Waals surface area contributed by atoms with E-state index >= 15 is 0 Å². The Morgan fingerprint density at radius 2 is 2.11 bits per heavy atom. The van der Waals surface area contributed by atoms with Crippen molar-refractivity contribution in [1.82, 2.24) is 5.32 Å². The van der Waals surface area contributed by atoms with Crippen LogP contribution in [0.25, 0.3) is 0 Å². The molecule has 3 heteroatoms. The van der Waals surface area contributed by atoms with Crippen molar-refractivity contribution in [3.05, 3.63) is 36.0 Å². The maximum atomic E-state index is 11.9. The lowest BCUT2D eigenvalue weighted by Gasteiger charge is -2.22. The lowest BCUT2D eigenvalue weighted by Crippen LogP contribution is -2.41. The number of piperidine rings is 1. The number of allylic oxidation sites excluding steroid dienone is 4. The third-order valence-corrected chi connectivity index (χ3v) is 3.31. The predicted molar refractivity (Wildman–Crippen MR) is 77.4 cm³/mol. The normalized spacial score (nSPS) is 21.1. The molecule has 2 amide bonds. The van der Waals surface area contributed by atoms with Gasteiger partial charge in [-0.2, -0.15) is 0 Å². The highest BCUT2D eigenvalue weighted by Crippen LogP contribution is 2.23. The Kier molecular flexibility index (Phi) is 5.74. The number of hydrogen-bond acceptors (Lipinski definition) is 2. The van der Waals surface area contributed by atoms with Crippen LogP contribution in [-0.4, -0.2) is 11.8 Å². The van der Waals surface area contributed by atoms with Crippen molar-refractivity contribution in [3.8, 4) is 0 Å². The minimum atomic E-state index is -0.214. The van der Waals surface area contributed by atoms with Gasteiger partial charge in [-0.25, -0.2) is 0 Å². The summed E-state index contributed by atoms with van der Waals surface area (Å²) in [6.45, 7) is 10.2. The number of hydrogen-bond donors (Lipinski definition) is 1. The summed E-state index contributed by atoms with van der Waals surface area (Å²) in [4.78, 5) is 23.0. The van der Waals surface area contributed by atoms with Gasteiger partial charge < -0.3 is 0 Å². The van der Waals surface area contributed by atoms with E-state index in [-0.39, 0.29) is 17.7 Å². The Morgan fingerprint density at radius 1 is 1.42 bits per heavy atom. The van der Waals surface area contributed by atoms with Crippen LogP contribution in [0.2, 0.25) is 0 Å². The molecule has 1 heterocycles. The monoisotopic (exact) mass is 261 g/mol. The van der Waals surface area contributed by atoms with Crippen molar-refractivity contribution >= 4 is 11.8 Å². The second-order valence-corrected chi connectivity index (χ2v) is 5.18. The van der Waals surface area contributed by atoms with Crippen LogP contribution in [0.5, 0.6) is 0 Å². The van der Waals surface area contributed by atoms with E-state index in [1.54, 1.807) is 0 Å². The van der Waals surface area contributed by atoms with Crippen molar-refractivity contribution in [3.63, 3.8) is 0 Å². The minimum Gasteiger partial charge on any atom is -0.296 e. The van der Waals surface area contributed by atoms with Crippen molar-refractivity contribution in [2.24, 2.45) is 11.8 Å². The lowest BCUT2D eigenvalue weighted by atomic mass is 9.88. The maximum Gasteiger partial charge on any atom is 0.234 e. The molecule has 0 aromatic rings. The molecule has 0 radical (unpaired) electrons. The molecule has 3 nitrogen and oxygen atoms in total. The van der Waals surface area contributed by atoms with Crippen LogP contribution in [0.4, 0.5) is 0 Å². The fourth-order valence-electron chi connectivity index (χ4n) is 1.97. The predicted octanol–water partition coefficient (Wildman–Crippen LogP) is 3.14. The Bertz CT molecular complexity index is 430. The molecule has 1 N–H and O–H groups in total. The van der Waals surface area contributed by atoms with Gasteiger partial charge in [-0.1, -0.05) is 51.2 Å². The number of rotatable bonds is 5. The third-order valence-electron chi connectivity index (χ3n) is 3.31. The van der Waals surface area contributed by atoms with Gasteiger partial charge in [0.25, 0.3) is 0 Å². The molecule has 0 aliphatic carbocycles. The maximum absolute atomic E-state index is 11.9. The summed E-state index contributed by atoms with van der Waals surface area (Å²) < 4.78 is 0. The summed E-state index contributed by atoms with van der Waals surface area (Å²) in [5.41, 5.74) is 2.02. The summed E-state index contributed by atoms with van der Waals surface area (Å²) in [5, 5.41) is 2.40. The zero-order valence-corrected chi connectivity index (χ0v) is 12.0. The molecule has 0 bridgehead atoms. The zero-order chi connectivity index (χ0) is 14.4. The van der Waals surface area contributed by atoms with E-state index in [4.69, 9.17) is 0 Å². The Hall–Kier alpha value is -1.64. The summed E-state index contributed by atoms with van der Waals surface area (Å²) >= 11 is 0. The van der Waals surface area contributed by atoms with Gasteiger partial charge in [0.2, 0.25) is 11.8 Å². The largest absolute Gasteiger partial charge is 0.296 e. The van der Waals surface area contributed by atoms with Crippen molar-refractivity contribution in [1.29, 1.82) is 0 Å². The Balaban J connectivity index is 2.84. The molecule has 0 saturated carbocycles. The molecule has 0 aromatic heterocycles. The standard InChI is InChI=1S/C16H23NO2/c1-5-6-13(8-7-12(4)11(2)3)14-9-10-15(18)17-16(14)19/h6-8,11,14H,4-5,9-10H2,1-3H3,(H,17,18,19)/b8-7-,13-6+. The molecular weight excluding hydrogens is 238 g/mol. The van der Waals surface area contributed by atoms with Crippen LogP contribution in [-0.2, 0) is 9.59 Å². The van der Waals surface area contributed by atoms with Gasteiger partial charge in [0.05, 0.1) is 5.92 Å². The smallest absolute Gasteiger partial charge is 0.234 e. The van der Waals surface area contributed by atoms with E-state index in [1.807, 2.05) is 25.2 Å². The molecule has 1 unspecified atom stereocenters. The first-order chi connectivity index (χ1) is 8.95. The molecule has 1 rings (SSSR count). The Labute approximate surface area is 115 Å². The highest BCUT2D eigenvalue weighted by atomic mass is 16.2. The molecule has 1 fully saturated rings. The molecular formula is C16H23NO2. The van der Waals surface area contributed by atoms with Gasteiger partial charge in [-0.15, -0.1) is 0 Å². The van der Waals surface area contributed by atoms with Gasteiger partial charge in [0.15, 0.2) is 0 Å². The SMILES string of the molecule is C=C(/C=C\C(=C/CC)C1CCC(=O)NC1=O)C(C)C. The van der Waals surface area contributed by atoms with Crippen LogP contribution in [0, 0.1) is 11.8 Å². The van der Waals surface area contributed by atoms with Gasteiger partial charge in [0, 0.05) is 6.42 Å². The summed E-state index contributed by atoms with van der Waals surface area (Å²) in [6.07, 6.45) is 7.85. The molecule has 0 aromatic carbocycles. The van der Waals surface area contributed by atoms with Crippen molar-refractivity contribution in [2.75, 3.05) is 0 Å². The number of amides is 2. The van der Waals surface area contributed by atoms with Crippen LogP contribution in [0.1, 0.15) is 40.0 Å². The topological polar surface area (TPSA) is 46.2 Å². The van der Waals surface area contributed by atoms with E-state index in [0.717, 1.165) is 17.6 Å². The fraction of sp³-hybridized carbons (Fsp3) is 0.500. The second kappa shape index (κ2) is 7.07. The number of carbonyl (C=O) groups excluding carboxylic acids is 2. The summed E-state index contributed by atoms with van der Waals surface area (Å²) in [6, 6.07) is 0. The van der Waals surface area contributed by atoms with Gasteiger partial charge in [0.1, 0.15) is 0 Å². The molecule has 0 spiro atoms. The average Bonchev–Trinajstić information content (AvgIpc) is 2.34. The van der Waals surface area contributed by atoms with Gasteiger partial charge >= 0.3 is 0 Å². The molecule has 1 saturated heterocycles. The minimum absolute atomic E-state index is 0.173. The van der Waals surface area contributed by atoms with E-state index in [2.05, 4.69) is 25.7 Å². The lowest BCUT2D eigenvalue weighted by molar-refractivity contribution is -0.135. The quantitative estimate of drug-likeness (QED) is 0.610. The molecule has 1 aliphatic heterocycles. The van der Waals surface area contributed by atoms with Gasteiger partial charge in [-0.3, -0.25) is 14.9 Å². The molecule has 104 valence electrons. The van der Waals surface area contributed by atoms with Crippen molar-refractivity contribution < 1.29 is 9.59 Å². The molecule has 19 heavy (non-hydrogen) atoms. The van der Waals surface area contributed by atoms with E-state index < -0.39 is 0 Å². The number of nitrogens with one attached hydrogen (secondary N) is 1. The van der Waals surface area contributed by atoms with Gasteiger partial charge in [-0.05, 0) is 24.3 Å². The van der Waals surface area contributed by atoms with E-state index in [0.29, 0.717) is 18.8 Å². The van der Waals surface area contributed by atoms with Crippen LogP contribution >= 0.6 is 0 Å². The highest BCUT2D eigenvalue weighted by Gasteiger charge is 2.28. The third kappa shape index (κ3) is 4.51. The average molecular weight is 261 g/mol. The number of imide groups is 1. The van der Waals surface area contributed by atoms with Crippen LogP contribution < -0.4 is 5.32 Å². The molecule has 1 aliphatic rings.